The van der Waals surface area contributed by atoms with Crippen LogP contribution in [0.5, 0.6) is 0 Å². The van der Waals surface area contributed by atoms with Crippen LogP contribution < -0.4 is 0 Å². The summed E-state index contributed by atoms with van der Waals surface area (Å²) >= 11 is 0. The van der Waals surface area contributed by atoms with Gasteiger partial charge in [0.2, 0.25) is 12.2 Å². The molecule has 0 bridgehead atoms. The first-order chi connectivity index (χ1) is 10.6. The molecule has 3 unspecified atom stereocenters. The topological polar surface area (TPSA) is 96.2 Å². The molecule has 3 atom stereocenters. The monoisotopic (exact) mass is 310 g/mol. The largest absolute Gasteiger partial charge is 0.481 e. The fourth-order valence-corrected chi connectivity index (χ4v) is 2.63. The Kier molecular flexibility index (Phi) is 11.9. The zero-order chi connectivity index (χ0) is 16.8. The maximum atomic E-state index is 11.4. The number of rotatable bonds is 13. The van der Waals surface area contributed by atoms with Gasteiger partial charge in [-0.15, -0.1) is 0 Å². The fourth-order valence-electron chi connectivity index (χ4n) is 2.63. The van der Waals surface area contributed by atoms with Gasteiger partial charge in [-0.05, 0) is 25.7 Å². The molecule has 0 aliphatic carbocycles. The Bertz CT molecular complexity index is 412. The van der Waals surface area contributed by atoms with Gasteiger partial charge in [0.1, 0.15) is 0 Å². The van der Waals surface area contributed by atoms with Gasteiger partial charge in [0, 0.05) is 0 Å². The van der Waals surface area contributed by atoms with Crippen LogP contribution in [0, 0.1) is 5.92 Å². The standard InChI is InChI=1S/C16H26N2O4/c1-3-7-13(17-11-19)9-5-6-10-14(16(21)22)15(8-4-2)18-12-20/h13-15H,3-10H2,1-2H3,(H,21,22). The van der Waals surface area contributed by atoms with Gasteiger partial charge in [-0.1, -0.05) is 39.5 Å². The first-order valence-corrected chi connectivity index (χ1v) is 7.97. The van der Waals surface area contributed by atoms with Gasteiger partial charge < -0.3 is 5.11 Å². The zero-order valence-corrected chi connectivity index (χ0v) is 13.5. The van der Waals surface area contributed by atoms with Crippen molar-refractivity contribution in [2.45, 2.75) is 77.3 Å². The first kappa shape index (κ1) is 20.2. The van der Waals surface area contributed by atoms with E-state index in [1.165, 1.54) is 6.08 Å². The summed E-state index contributed by atoms with van der Waals surface area (Å²) in [4.78, 5) is 39.6. The van der Waals surface area contributed by atoms with Gasteiger partial charge >= 0.3 is 5.97 Å². The summed E-state index contributed by atoms with van der Waals surface area (Å²) in [5.41, 5.74) is 0. The van der Waals surface area contributed by atoms with Gasteiger partial charge in [-0.25, -0.2) is 19.6 Å². The Hall–Kier alpha value is -1.77. The van der Waals surface area contributed by atoms with Crippen molar-refractivity contribution >= 4 is 18.1 Å². The third-order valence-electron chi connectivity index (χ3n) is 3.74. The van der Waals surface area contributed by atoms with Crippen molar-refractivity contribution < 1.29 is 19.5 Å². The van der Waals surface area contributed by atoms with E-state index >= 15 is 0 Å². The van der Waals surface area contributed by atoms with Crippen molar-refractivity contribution in [1.29, 1.82) is 0 Å². The highest BCUT2D eigenvalue weighted by Crippen LogP contribution is 2.21. The number of isocyanates is 2. The van der Waals surface area contributed by atoms with Crippen LogP contribution in [0.2, 0.25) is 0 Å². The summed E-state index contributed by atoms with van der Waals surface area (Å²) in [6.45, 7) is 3.96. The average molecular weight is 310 g/mol. The molecule has 0 aliphatic heterocycles. The van der Waals surface area contributed by atoms with E-state index in [2.05, 4.69) is 9.98 Å². The van der Waals surface area contributed by atoms with E-state index in [-0.39, 0.29) is 6.04 Å². The van der Waals surface area contributed by atoms with Crippen molar-refractivity contribution in [3.63, 3.8) is 0 Å². The van der Waals surface area contributed by atoms with E-state index in [0.29, 0.717) is 19.3 Å². The van der Waals surface area contributed by atoms with E-state index in [1.807, 2.05) is 13.8 Å². The number of aliphatic imine (C=N–C) groups is 2. The SMILES string of the molecule is CCCC(CCCCC(C(=O)O)C(CCC)N=C=O)N=C=O. The Balaban J connectivity index is 4.43. The molecular weight excluding hydrogens is 284 g/mol. The van der Waals surface area contributed by atoms with E-state index < -0.39 is 17.9 Å². The highest BCUT2D eigenvalue weighted by atomic mass is 16.4. The molecule has 0 rings (SSSR count). The van der Waals surface area contributed by atoms with Crippen LogP contribution in [-0.4, -0.2) is 35.3 Å². The molecule has 6 nitrogen and oxygen atoms in total. The smallest absolute Gasteiger partial charge is 0.308 e. The number of carbonyl (C=O) groups excluding carboxylic acids is 2. The summed E-state index contributed by atoms with van der Waals surface area (Å²) in [7, 11) is 0. The number of hydrogen-bond acceptors (Lipinski definition) is 5. The molecule has 0 amide bonds. The summed E-state index contributed by atoms with van der Waals surface area (Å²) in [6, 6.07) is -0.523. The van der Waals surface area contributed by atoms with Crippen molar-refractivity contribution in [1.82, 2.24) is 0 Å². The Morgan fingerprint density at radius 1 is 0.955 bits per heavy atom. The summed E-state index contributed by atoms with van der Waals surface area (Å²) < 4.78 is 0. The first-order valence-electron chi connectivity index (χ1n) is 7.97. The minimum Gasteiger partial charge on any atom is -0.481 e. The lowest BCUT2D eigenvalue weighted by atomic mass is 9.90. The molecule has 6 heteroatoms. The molecule has 1 N–H and O–H groups in total. The minimum absolute atomic E-state index is 0.0230. The highest BCUT2D eigenvalue weighted by Gasteiger charge is 2.26. The number of hydrogen-bond donors (Lipinski definition) is 1. The van der Waals surface area contributed by atoms with Crippen LogP contribution in [0.15, 0.2) is 9.98 Å². The Morgan fingerprint density at radius 2 is 1.55 bits per heavy atom. The van der Waals surface area contributed by atoms with Crippen LogP contribution in [0.1, 0.15) is 65.2 Å². The van der Waals surface area contributed by atoms with E-state index in [0.717, 1.165) is 32.1 Å². The Labute approximate surface area is 131 Å². The maximum absolute atomic E-state index is 11.4. The van der Waals surface area contributed by atoms with Crippen LogP contribution in [0.25, 0.3) is 0 Å². The maximum Gasteiger partial charge on any atom is 0.308 e. The van der Waals surface area contributed by atoms with E-state index in [4.69, 9.17) is 0 Å². The molecule has 124 valence electrons. The van der Waals surface area contributed by atoms with Crippen LogP contribution in [-0.2, 0) is 14.4 Å². The molecular formula is C16H26N2O4. The van der Waals surface area contributed by atoms with E-state index in [9.17, 15) is 19.5 Å². The number of carbonyl (C=O) groups is 1. The van der Waals surface area contributed by atoms with Gasteiger partial charge in [0.05, 0.1) is 18.0 Å². The predicted octanol–water partition coefficient (Wildman–Crippen LogP) is 3.26. The lowest BCUT2D eigenvalue weighted by molar-refractivity contribution is -0.142. The van der Waals surface area contributed by atoms with Crippen molar-refractivity contribution in [2.75, 3.05) is 0 Å². The molecule has 0 aromatic carbocycles. The third-order valence-corrected chi connectivity index (χ3v) is 3.74. The van der Waals surface area contributed by atoms with Crippen LogP contribution in [0.3, 0.4) is 0 Å². The minimum atomic E-state index is -0.923. The van der Waals surface area contributed by atoms with Crippen molar-refractivity contribution in [3.05, 3.63) is 0 Å². The molecule has 0 heterocycles. The lowest BCUT2D eigenvalue weighted by Crippen LogP contribution is -2.27. The summed E-state index contributed by atoms with van der Waals surface area (Å²) in [6.07, 6.45) is 8.93. The molecule has 0 saturated heterocycles. The summed E-state index contributed by atoms with van der Waals surface area (Å²) in [5.74, 6) is -1.57. The molecule has 0 fully saturated rings. The zero-order valence-electron chi connectivity index (χ0n) is 13.5. The van der Waals surface area contributed by atoms with Crippen molar-refractivity contribution in [3.8, 4) is 0 Å². The average Bonchev–Trinajstić information content (AvgIpc) is 2.47. The quantitative estimate of drug-likeness (QED) is 0.321. The molecule has 0 aromatic rings. The second-order valence-electron chi connectivity index (χ2n) is 5.47. The molecule has 22 heavy (non-hydrogen) atoms. The molecule has 0 radical (unpaired) electrons. The van der Waals surface area contributed by atoms with Gasteiger partial charge in [0.25, 0.3) is 0 Å². The second kappa shape index (κ2) is 12.9. The van der Waals surface area contributed by atoms with Gasteiger partial charge in [-0.2, -0.15) is 0 Å². The normalized spacial score (nSPS) is 14.3. The van der Waals surface area contributed by atoms with Crippen LogP contribution in [0.4, 0.5) is 0 Å². The third kappa shape index (κ3) is 8.50. The second-order valence-corrected chi connectivity index (χ2v) is 5.47. The fraction of sp³-hybridized carbons (Fsp3) is 0.812. The summed E-state index contributed by atoms with van der Waals surface area (Å²) in [5, 5.41) is 9.31. The van der Waals surface area contributed by atoms with Crippen molar-refractivity contribution in [2.24, 2.45) is 15.9 Å². The number of nitrogens with zero attached hydrogens (tertiary/aromatic N) is 2. The van der Waals surface area contributed by atoms with Gasteiger partial charge in [0.15, 0.2) is 0 Å². The number of unbranched alkanes of at least 4 members (excludes halogenated alkanes) is 1. The molecule has 0 aliphatic rings. The lowest BCUT2D eigenvalue weighted by Gasteiger charge is -2.19. The Morgan fingerprint density at radius 3 is 2.05 bits per heavy atom. The highest BCUT2D eigenvalue weighted by molar-refractivity contribution is 5.71. The molecule has 0 spiro atoms. The van der Waals surface area contributed by atoms with E-state index in [1.54, 1.807) is 6.08 Å². The number of aliphatic carboxylic acids is 1. The van der Waals surface area contributed by atoms with Crippen LogP contribution >= 0.6 is 0 Å². The van der Waals surface area contributed by atoms with Gasteiger partial charge in [-0.3, -0.25) is 4.79 Å². The number of carboxylic acid groups (broad SMARTS) is 1. The molecule has 0 aromatic heterocycles. The molecule has 0 saturated carbocycles. The predicted molar refractivity (Wildman–Crippen MR) is 83.2 cm³/mol. The number of carboxylic acids is 1.